The zero-order valence-corrected chi connectivity index (χ0v) is 15.6. The molecule has 1 N–H and O–H groups in total. The minimum Gasteiger partial charge on any atom is -0.274 e. The average Bonchev–Trinajstić information content (AvgIpc) is 2.33. The second-order valence-electron chi connectivity index (χ2n) is 3.92. The second kappa shape index (κ2) is 6.31. The van der Waals surface area contributed by atoms with E-state index in [1.165, 1.54) is 18.2 Å². The van der Waals surface area contributed by atoms with Crippen molar-refractivity contribution >= 4 is 63.5 Å². The summed E-state index contributed by atoms with van der Waals surface area (Å²) in [6.45, 7) is 0. The summed E-state index contributed by atoms with van der Waals surface area (Å²) in [6.07, 6.45) is 0. The average molecular weight is 506 g/mol. The molecule has 2 rings (SSSR count). The van der Waals surface area contributed by atoms with Crippen molar-refractivity contribution in [1.29, 1.82) is 0 Å². The Morgan fingerprint density at radius 3 is 2.00 bits per heavy atom. The Kier molecular flexibility index (Phi) is 5.07. The highest BCUT2D eigenvalue weighted by molar-refractivity contribution is 9.11. The zero-order valence-electron chi connectivity index (χ0n) is 10.0. The molecule has 0 aliphatic rings. The molecule has 0 atom stereocenters. The third kappa shape index (κ3) is 3.82. The van der Waals surface area contributed by atoms with Gasteiger partial charge in [0, 0.05) is 13.4 Å². The number of hydrogen-bond acceptors (Lipinski definition) is 2. The molecule has 0 spiro atoms. The first-order valence-electron chi connectivity index (χ1n) is 5.33. The summed E-state index contributed by atoms with van der Waals surface area (Å²) in [6, 6.07) is 6.27. The van der Waals surface area contributed by atoms with Gasteiger partial charge in [-0.15, -0.1) is 0 Å². The number of sulfonamides is 1. The molecule has 0 saturated carbocycles. The summed E-state index contributed by atoms with van der Waals surface area (Å²) in [7, 11) is -4.13. The van der Waals surface area contributed by atoms with Gasteiger partial charge in [0.15, 0.2) is 11.6 Å². The molecule has 2 aromatic rings. The maximum Gasteiger partial charge on any atom is 0.263 e. The van der Waals surface area contributed by atoms with Crippen LogP contribution in [0.4, 0.5) is 14.5 Å². The lowest BCUT2D eigenvalue weighted by Crippen LogP contribution is -2.15. The van der Waals surface area contributed by atoms with Crippen molar-refractivity contribution in [2.45, 2.75) is 4.90 Å². The highest BCUT2D eigenvalue weighted by Crippen LogP contribution is 2.30. The topological polar surface area (TPSA) is 46.2 Å². The molecule has 0 aliphatic carbocycles. The van der Waals surface area contributed by atoms with Gasteiger partial charge < -0.3 is 0 Å². The van der Waals surface area contributed by atoms with Crippen LogP contribution in [0.15, 0.2) is 48.6 Å². The Balaban J connectivity index is 2.47. The molecule has 21 heavy (non-hydrogen) atoms. The molecule has 0 bridgehead atoms. The Bertz CT molecular complexity index is 789. The number of hydrogen-bond donors (Lipinski definition) is 1. The Morgan fingerprint density at radius 2 is 1.48 bits per heavy atom. The Hall–Kier alpha value is -0.510. The van der Waals surface area contributed by atoms with Crippen molar-refractivity contribution < 1.29 is 17.2 Å². The molecule has 0 unspecified atom stereocenters. The van der Waals surface area contributed by atoms with E-state index in [1.807, 2.05) is 4.72 Å². The summed E-state index contributed by atoms with van der Waals surface area (Å²) >= 11 is 9.21. The van der Waals surface area contributed by atoms with Gasteiger partial charge >= 0.3 is 0 Å². The Morgan fingerprint density at radius 1 is 0.905 bits per heavy atom. The first-order valence-corrected chi connectivity index (χ1v) is 9.19. The molecule has 0 radical (unpaired) electrons. The lowest BCUT2D eigenvalue weighted by Gasteiger charge is -2.11. The largest absolute Gasteiger partial charge is 0.274 e. The van der Waals surface area contributed by atoms with Crippen LogP contribution < -0.4 is 4.72 Å². The van der Waals surface area contributed by atoms with Gasteiger partial charge in [0.25, 0.3) is 10.0 Å². The molecule has 9 heteroatoms. The van der Waals surface area contributed by atoms with Gasteiger partial charge in [-0.3, -0.25) is 4.72 Å². The monoisotopic (exact) mass is 503 g/mol. The van der Waals surface area contributed by atoms with E-state index in [1.54, 1.807) is 0 Å². The summed E-state index contributed by atoms with van der Waals surface area (Å²) < 4.78 is 54.9. The number of rotatable bonds is 3. The van der Waals surface area contributed by atoms with Crippen LogP contribution in [-0.4, -0.2) is 8.42 Å². The molecule has 112 valence electrons. The predicted octanol–water partition coefficient (Wildman–Crippen LogP) is 5.05. The molecule has 0 heterocycles. The number of halogens is 5. The minimum absolute atomic E-state index is 0.132. The lowest BCUT2D eigenvalue weighted by atomic mass is 10.3. The SMILES string of the molecule is O=S(=O)(Nc1c(F)cc(Br)cc1F)c1ccc(Br)cc1Br. The first kappa shape index (κ1) is 16.9. The standard InChI is InChI=1S/C12H6Br3F2NO2S/c13-6-1-2-11(8(15)3-6)21(19,20)18-12-9(16)4-7(14)5-10(12)17/h1-5,18H. The van der Waals surface area contributed by atoms with E-state index in [0.29, 0.717) is 4.47 Å². The fraction of sp³-hybridized carbons (Fsp3) is 0. The van der Waals surface area contributed by atoms with Crippen LogP contribution in [0.2, 0.25) is 0 Å². The first-order chi connectivity index (χ1) is 9.70. The maximum atomic E-state index is 13.7. The van der Waals surface area contributed by atoms with Crippen LogP contribution in [0.1, 0.15) is 0 Å². The number of nitrogens with one attached hydrogen (secondary N) is 1. The van der Waals surface area contributed by atoms with E-state index in [-0.39, 0.29) is 13.8 Å². The fourth-order valence-electron chi connectivity index (χ4n) is 1.52. The molecule has 3 nitrogen and oxygen atoms in total. The van der Waals surface area contributed by atoms with Crippen LogP contribution in [0, 0.1) is 11.6 Å². The van der Waals surface area contributed by atoms with E-state index < -0.39 is 27.3 Å². The maximum absolute atomic E-state index is 13.7. The van der Waals surface area contributed by atoms with Crippen molar-refractivity contribution in [3.8, 4) is 0 Å². The van der Waals surface area contributed by atoms with E-state index >= 15 is 0 Å². The van der Waals surface area contributed by atoms with Crippen molar-refractivity contribution in [2.24, 2.45) is 0 Å². The normalized spacial score (nSPS) is 11.5. The molecule has 0 fully saturated rings. The van der Waals surface area contributed by atoms with Crippen molar-refractivity contribution in [3.05, 3.63) is 55.4 Å². The molecule has 0 aromatic heterocycles. The van der Waals surface area contributed by atoms with Gasteiger partial charge in [-0.1, -0.05) is 31.9 Å². The smallest absolute Gasteiger partial charge is 0.263 e. The van der Waals surface area contributed by atoms with Crippen molar-refractivity contribution in [1.82, 2.24) is 0 Å². The summed E-state index contributed by atoms with van der Waals surface area (Å²) in [4.78, 5) is -0.132. The highest BCUT2D eigenvalue weighted by Gasteiger charge is 2.22. The van der Waals surface area contributed by atoms with Gasteiger partial charge in [0.2, 0.25) is 0 Å². The van der Waals surface area contributed by atoms with Crippen LogP contribution in [-0.2, 0) is 10.0 Å². The highest BCUT2D eigenvalue weighted by atomic mass is 79.9. The van der Waals surface area contributed by atoms with Crippen LogP contribution >= 0.6 is 47.8 Å². The van der Waals surface area contributed by atoms with E-state index in [4.69, 9.17) is 0 Å². The van der Waals surface area contributed by atoms with E-state index in [0.717, 1.165) is 12.1 Å². The third-order valence-corrected chi connectivity index (χ3v) is 5.70. The number of benzene rings is 2. The van der Waals surface area contributed by atoms with Gasteiger partial charge in [-0.2, -0.15) is 0 Å². The molecule has 2 aromatic carbocycles. The number of anilines is 1. The van der Waals surface area contributed by atoms with Gasteiger partial charge in [-0.25, -0.2) is 17.2 Å². The molecule has 0 aliphatic heterocycles. The fourth-order valence-corrected chi connectivity index (χ4v) is 4.75. The zero-order chi connectivity index (χ0) is 15.8. The minimum atomic E-state index is -4.13. The summed E-state index contributed by atoms with van der Waals surface area (Å²) in [5, 5.41) is 0. The summed E-state index contributed by atoms with van der Waals surface area (Å²) in [5.41, 5.74) is -0.729. The van der Waals surface area contributed by atoms with E-state index in [2.05, 4.69) is 47.8 Å². The summed E-state index contributed by atoms with van der Waals surface area (Å²) in [5.74, 6) is -2.03. The molecule has 0 amide bonds. The quantitative estimate of drug-likeness (QED) is 0.634. The van der Waals surface area contributed by atoms with Gasteiger partial charge in [-0.05, 0) is 46.3 Å². The van der Waals surface area contributed by atoms with Gasteiger partial charge in [0.05, 0.1) is 0 Å². The van der Waals surface area contributed by atoms with Crippen LogP contribution in [0.25, 0.3) is 0 Å². The predicted molar refractivity (Wildman–Crippen MR) is 86.7 cm³/mol. The van der Waals surface area contributed by atoms with E-state index in [9.17, 15) is 17.2 Å². The third-order valence-electron chi connectivity index (χ3n) is 2.43. The molecule has 0 saturated heterocycles. The van der Waals surface area contributed by atoms with Crippen LogP contribution in [0.3, 0.4) is 0 Å². The van der Waals surface area contributed by atoms with Crippen molar-refractivity contribution in [2.75, 3.05) is 4.72 Å². The van der Waals surface area contributed by atoms with Crippen molar-refractivity contribution in [3.63, 3.8) is 0 Å². The van der Waals surface area contributed by atoms with Gasteiger partial charge in [0.1, 0.15) is 10.6 Å². The second-order valence-corrected chi connectivity index (χ2v) is 8.26. The molecular weight excluding hydrogens is 500 g/mol. The van der Waals surface area contributed by atoms with Crippen LogP contribution in [0.5, 0.6) is 0 Å². The molecular formula is C12H6Br3F2NO2S. The Labute approximate surface area is 145 Å². The lowest BCUT2D eigenvalue weighted by molar-refractivity contribution is 0.581.